The summed E-state index contributed by atoms with van der Waals surface area (Å²) in [4.78, 5) is 14.6. The molecule has 6 aromatic rings. The third-order valence-electron chi connectivity index (χ3n) is 6.72. The van der Waals surface area contributed by atoms with Gasteiger partial charge in [0.05, 0.1) is 23.0 Å². The first-order valence-electron chi connectivity index (χ1n) is 11.7. The lowest BCUT2D eigenvalue weighted by atomic mass is 9.86. The monoisotopic (exact) mass is 451 g/mol. The molecule has 1 atom stereocenters. The van der Waals surface area contributed by atoms with Gasteiger partial charge in [-0.2, -0.15) is 0 Å². The minimum Gasteiger partial charge on any atom is -0.437 e. The molecule has 3 aromatic carbocycles. The Kier molecular flexibility index (Phi) is 4.39. The van der Waals surface area contributed by atoms with Gasteiger partial charge in [-0.05, 0) is 36.8 Å². The molecule has 0 saturated heterocycles. The van der Waals surface area contributed by atoms with Crippen LogP contribution in [0.4, 0.5) is 5.69 Å². The van der Waals surface area contributed by atoms with E-state index in [1.54, 1.807) is 0 Å². The van der Waals surface area contributed by atoms with Crippen LogP contribution in [0.1, 0.15) is 28.3 Å². The van der Waals surface area contributed by atoms with E-state index in [0.717, 1.165) is 55.8 Å². The number of hydrogen-bond acceptors (Lipinski definition) is 4. The lowest BCUT2D eigenvalue weighted by Gasteiger charge is -2.15. The molecule has 0 bridgehead atoms. The van der Waals surface area contributed by atoms with Gasteiger partial charge < -0.3 is 4.42 Å². The van der Waals surface area contributed by atoms with E-state index in [-0.39, 0.29) is 5.92 Å². The Hall–Kier alpha value is -4.57. The molecule has 1 aliphatic rings. The van der Waals surface area contributed by atoms with Gasteiger partial charge in [-0.1, -0.05) is 72.8 Å². The number of para-hydroxylation sites is 1. The number of rotatable bonds is 3. The normalized spacial score (nSPS) is 14.9. The first kappa shape index (κ1) is 19.9. The minimum atomic E-state index is -0.00838. The van der Waals surface area contributed by atoms with Gasteiger partial charge in [-0.15, -0.1) is 0 Å². The Morgan fingerprint density at radius 3 is 2.40 bits per heavy atom. The molecular formula is C31H21N3O. The highest BCUT2D eigenvalue weighted by molar-refractivity contribution is 6.20. The van der Waals surface area contributed by atoms with Crippen molar-refractivity contribution in [2.45, 2.75) is 12.8 Å². The number of fused-ring (bicyclic) bond motifs is 4. The van der Waals surface area contributed by atoms with Crippen LogP contribution in [0, 0.1) is 6.92 Å². The topological polar surface area (TPSA) is 51.3 Å². The van der Waals surface area contributed by atoms with Gasteiger partial charge in [0, 0.05) is 39.4 Å². The standard InChI is InChI=1S/C31H21N3O/c1-19-17-27-25(18-32-19)28(21-11-6-3-7-12-21)29(33-27)24-14-8-13-22-23-15-16-26(20-9-4-2-5-10-20)34-31(23)35-30(22)24/h2-18,28H,1H3. The van der Waals surface area contributed by atoms with E-state index < -0.39 is 0 Å². The third-order valence-corrected chi connectivity index (χ3v) is 6.72. The van der Waals surface area contributed by atoms with Crippen molar-refractivity contribution in [2.24, 2.45) is 4.99 Å². The van der Waals surface area contributed by atoms with Crippen LogP contribution in [0.25, 0.3) is 33.3 Å². The largest absolute Gasteiger partial charge is 0.437 e. The molecule has 4 heteroatoms. The predicted octanol–water partition coefficient (Wildman–Crippen LogP) is 7.62. The number of aliphatic imine (C=N–C) groups is 1. The fourth-order valence-corrected chi connectivity index (χ4v) is 5.07. The lowest BCUT2D eigenvalue weighted by Crippen LogP contribution is -2.12. The van der Waals surface area contributed by atoms with E-state index >= 15 is 0 Å². The molecule has 3 aromatic heterocycles. The molecule has 0 N–H and O–H groups in total. The number of benzene rings is 3. The van der Waals surface area contributed by atoms with Crippen molar-refractivity contribution in [1.29, 1.82) is 0 Å². The molecule has 35 heavy (non-hydrogen) atoms. The van der Waals surface area contributed by atoms with Crippen LogP contribution in [0.15, 0.2) is 113 Å². The number of aryl methyl sites for hydroxylation is 1. The number of furan rings is 1. The molecule has 0 amide bonds. The highest BCUT2D eigenvalue weighted by Gasteiger charge is 2.32. The Bertz CT molecular complexity index is 1750. The van der Waals surface area contributed by atoms with Crippen LogP contribution in [0.5, 0.6) is 0 Å². The summed E-state index contributed by atoms with van der Waals surface area (Å²) in [5.41, 5.74) is 9.62. The van der Waals surface area contributed by atoms with Crippen LogP contribution in [-0.4, -0.2) is 15.7 Å². The van der Waals surface area contributed by atoms with E-state index in [0.29, 0.717) is 5.71 Å². The second kappa shape index (κ2) is 7.74. The van der Waals surface area contributed by atoms with Gasteiger partial charge in [0.15, 0.2) is 0 Å². The average molecular weight is 452 g/mol. The molecule has 1 unspecified atom stereocenters. The lowest BCUT2D eigenvalue weighted by molar-refractivity contribution is 0.653. The summed E-state index contributed by atoms with van der Waals surface area (Å²) in [5, 5.41) is 2.05. The number of pyridine rings is 2. The first-order chi connectivity index (χ1) is 17.3. The third kappa shape index (κ3) is 3.18. The van der Waals surface area contributed by atoms with E-state index in [9.17, 15) is 0 Å². The van der Waals surface area contributed by atoms with Crippen molar-refractivity contribution in [3.8, 4) is 11.3 Å². The summed E-state index contributed by atoms with van der Waals surface area (Å²) in [5.74, 6) is -0.00838. The van der Waals surface area contributed by atoms with Crippen molar-refractivity contribution < 1.29 is 4.42 Å². The van der Waals surface area contributed by atoms with Gasteiger partial charge in [-0.25, -0.2) is 4.98 Å². The van der Waals surface area contributed by atoms with E-state index in [1.807, 2.05) is 37.4 Å². The maximum Gasteiger partial charge on any atom is 0.227 e. The van der Waals surface area contributed by atoms with Crippen molar-refractivity contribution in [1.82, 2.24) is 9.97 Å². The van der Waals surface area contributed by atoms with Gasteiger partial charge in [0.1, 0.15) is 5.58 Å². The molecular weight excluding hydrogens is 430 g/mol. The molecule has 166 valence electrons. The molecule has 0 aliphatic carbocycles. The van der Waals surface area contributed by atoms with E-state index in [2.05, 4.69) is 77.8 Å². The van der Waals surface area contributed by atoms with Crippen LogP contribution in [0.3, 0.4) is 0 Å². The first-order valence-corrected chi connectivity index (χ1v) is 11.7. The average Bonchev–Trinajstić information content (AvgIpc) is 3.47. The van der Waals surface area contributed by atoms with Crippen LogP contribution in [-0.2, 0) is 0 Å². The maximum absolute atomic E-state index is 6.46. The Morgan fingerprint density at radius 2 is 1.57 bits per heavy atom. The number of aromatic nitrogens is 2. The van der Waals surface area contributed by atoms with E-state index in [1.165, 1.54) is 5.56 Å². The zero-order valence-corrected chi connectivity index (χ0v) is 19.1. The van der Waals surface area contributed by atoms with Crippen molar-refractivity contribution >= 4 is 33.5 Å². The minimum absolute atomic E-state index is 0.00838. The summed E-state index contributed by atoms with van der Waals surface area (Å²) in [7, 11) is 0. The maximum atomic E-state index is 6.46. The summed E-state index contributed by atoms with van der Waals surface area (Å²) in [6.07, 6.45) is 1.96. The van der Waals surface area contributed by atoms with Gasteiger partial charge in [0.2, 0.25) is 5.71 Å². The Labute approximate surface area is 202 Å². The molecule has 0 radical (unpaired) electrons. The molecule has 4 heterocycles. The van der Waals surface area contributed by atoms with Crippen molar-refractivity contribution in [3.63, 3.8) is 0 Å². The smallest absolute Gasteiger partial charge is 0.227 e. The van der Waals surface area contributed by atoms with Crippen LogP contribution in [0.2, 0.25) is 0 Å². The predicted molar refractivity (Wildman–Crippen MR) is 140 cm³/mol. The molecule has 4 nitrogen and oxygen atoms in total. The highest BCUT2D eigenvalue weighted by Crippen LogP contribution is 2.43. The van der Waals surface area contributed by atoms with Gasteiger partial charge in [0.25, 0.3) is 0 Å². The zero-order chi connectivity index (χ0) is 23.4. The molecule has 0 fully saturated rings. The number of nitrogens with zero attached hydrogens (tertiary/aromatic N) is 3. The van der Waals surface area contributed by atoms with E-state index in [4.69, 9.17) is 14.4 Å². The quantitative estimate of drug-likeness (QED) is 0.278. The molecule has 0 spiro atoms. The molecule has 1 aliphatic heterocycles. The van der Waals surface area contributed by atoms with Gasteiger partial charge in [-0.3, -0.25) is 9.98 Å². The number of hydrogen-bond donors (Lipinski definition) is 0. The van der Waals surface area contributed by atoms with Gasteiger partial charge >= 0.3 is 0 Å². The Balaban J connectivity index is 1.44. The SMILES string of the molecule is Cc1cc2c(cn1)C(c1ccccc1)C(c1cccc3c1oc1nc(-c4ccccc4)ccc13)=N2. The van der Waals surface area contributed by atoms with Crippen LogP contribution < -0.4 is 0 Å². The fourth-order valence-electron chi connectivity index (χ4n) is 5.07. The second-order valence-electron chi connectivity index (χ2n) is 8.92. The molecule has 7 rings (SSSR count). The fraction of sp³-hybridized carbons (Fsp3) is 0.0645. The zero-order valence-electron chi connectivity index (χ0n) is 19.1. The summed E-state index contributed by atoms with van der Waals surface area (Å²) >= 11 is 0. The summed E-state index contributed by atoms with van der Waals surface area (Å²) in [6.45, 7) is 2.00. The van der Waals surface area contributed by atoms with Crippen LogP contribution >= 0.6 is 0 Å². The highest BCUT2D eigenvalue weighted by atomic mass is 16.3. The summed E-state index contributed by atoms with van der Waals surface area (Å²) < 4.78 is 6.46. The van der Waals surface area contributed by atoms with Crippen molar-refractivity contribution in [2.75, 3.05) is 0 Å². The Morgan fingerprint density at radius 1 is 0.771 bits per heavy atom. The second-order valence-corrected chi connectivity index (χ2v) is 8.92. The summed E-state index contributed by atoms with van der Waals surface area (Å²) in [6, 6.07) is 33.2. The van der Waals surface area contributed by atoms with Crippen molar-refractivity contribution in [3.05, 3.63) is 126 Å². The molecule has 0 saturated carbocycles.